The van der Waals surface area contributed by atoms with Crippen molar-refractivity contribution < 1.29 is 14.6 Å². The highest BCUT2D eigenvalue weighted by atomic mass is 16.5. The number of carbonyl (C=O) groups is 1. The lowest BCUT2D eigenvalue weighted by Gasteiger charge is -2.29. The highest BCUT2D eigenvalue weighted by Gasteiger charge is 2.26. The number of hydrogen-bond acceptors (Lipinski definition) is 4. The molecule has 19 heavy (non-hydrogen) atoms. The number of aliphatic hydroxyl groups excluding tert-OH is 1. The van der Waals surface area contributed by atoms with Crippen LogP contribution in [-0.4, -0.2) is 50.0 Å². The molecular weight excluding hydrogens is 244 g/mol. The highest BCUT2D eigenvalue weighted by molar-refractivity contribution is 5.77. The molecule has 0 saturated carbocycles. The molecule has 0 aromatic rings. The highest BCUT2D eigenvalue weighted by Crippen LogP contribution is 2.24. The maximum Gasteiger partial charge on any atom is 0.246 e. The Morgan fingerprint density at radius 2 is 2.00 bits per heavy atom. The van der Waals surface area contributed by atoms with E-state index in [4.69, 9.17) is 4.74 Å². The Kier molecular flexibility index (Phi) is 7.34. The maximum atomic E-state index is 11.7. The Labute approximate surface area is 116 Å². The van der Waals surface area contributed by atoms with Gasteiger partial charge in [0.15, 0.2) is 0 Å². The van der Waals surface area contributed by atoms with Gasteiger partial charge in [0.2, 0.25) is 5.91 Å². The standard InChI is InChI=1S/C14H28N2O3/c1-3-14(4-2,11-17)10-16-13(18)9-19-12-5-7-15-8-6-12/h12,15,17H,3-11H2,1-2H3,(H,16,18). The minimum absolute atomic E-state index is 0.0849. The molecular formula is C14H28N2O3. The molecule has 0 unspecified atom stereocenters. The van der Waals surface area contributed by atoms with Crippen LogP contribution in [0.25, 0.3) is 0 Å². The van der Waals surface area contributed by atoms with Crippen LogP contribution in [0.15, 0.2) is 0 Å². The summed E-state index contributed by atoms with van der Waals surface area (Å²) in [5.41, 5.74) is -0.190. The van der Waals surface area contributed by atoms with Crippen molar-refractivity contribution in [1.82, 2.24) is 10.6 Å². The minimum Gasteiger partial charge on any atom is -0.396 e. The number of rotatable bonds is 8. The van der Waals surface area contributed by atoms with Gasteiger partial charge in [-0.15, -0.1) is 0 Å². The molecule has 0 bridgehead atoms. The maximum absolute atomic E-state index is 11.7. The fourth-order valence-electron chi connectivity index (χ4n) is 2.27. The third-order valence-electron chi connectivity index (χ3n) is 4.23. The molecule has 0 aliphatic carbocycles. The zero-order valence-electron chi connectivity index (χ0n) is 12.2. The van der Waals surface area contributed by atoms with Crippen molar-refractivity contribution in [3.05, 3.63) is 0 Å². The van der Waals surface area contributed by atoms with Crippen LogP contribution < -0.4 is 10.6 Å². The Balaban J connectivity index is 2.23. The van der Waals surface area contributed by atoms with Crippen LogP contribution in [0.5, 0.6) is 0 Å². The van der Waals surface area contributed by atoms with Gasteiger partial charge in [0.25, 0.3) is 0 Å². The van der Waals surface area contributed by atoms with Crippen molar-refractivity contribution in [3.8, 4) is 0 Å². The number of hydrogen-bond donors (Lipinski definition) is 3. The lowest BCUT2D eigenvalue weighted by molar-refractivity contribution is -0.128. The normalized spacial score (nSPS) is 17.4. The minimum atomic E-state index is -0.190. The molecule has 1 amide bonds. The summed E-state index contributed by atoms with van der Waals surface area (Å²) in [5.74, 6) is -0.0849. The van der Waals surface area contributed by atoms with Crippen molar-refractivity contribution in [1.29, 1.82) is 0 Å². The first-order chi connectivity index (χ1) is 9.15. The smallest absolute Gasteiger partial charge is 0.246 e. The van der Waals surface area contributed by atoms with Crippen molar-refractivity contribution in [2.75, 3.05) is 32.8 Å². The first-order valence-electron chi connectivity index (χ1n) is 7.35. The predicted molar refractivity (Wildman–Crippen MR) is 75.0 cm³/mol. The van der Waals surface area contributed by atoms with Crippen molar-refractivity contribution in [3.63, 3.8) is 0 Å². The van der Waals surface area contributed by atoms with Gasteiger partial charge >= 0.3 is 0 Å². The molecule has 1 saturated heterocycles. The first-order valence-corrected chi connectivity index (χ1v) is 7.35. The quantitative estimate of drug-likeness (QED) is 0.607. The average molecular weight is 272 g/mol. The Morgan fingerprint density at radius 3 is 2.53 bits per heavy atom. The number of amides is 1. The first kappa shape index (κ1) is 16.4. The second-order valence-electron chi connectivity index (χ2n) is 5.40. The van der Waals surface area contributed by atoms with Crippen LogP contribution in [0, 0.1) is 5.41 Å². The van der Waals surface area contributed by atoms with E-state index in [2.05, 4.69) is 10.6 Å². The van der Waals surface area contributed by atoms with Gasteiger partial charge in [-0.2, -0.15) is 0 Å². The zero-order valence-corrected chi connectivity index (χ0v) is 12.2. The molecule has 5 heteroatoms. The number of piperidine rings is 1. The Hall–Kier alpha value is -0.650. The van der Waals surface area contributed by atoms with Gasteiger partial charge in [0, 0.05) is 12.0 Å². The molecule has 1 aliphatic heterocycles. The summed E-state index contributed by atoms with van der Waals surface area (Å²) in [6, 6.07) is 0. The van der Waals surface area contributed by atoms with E-state index in [1.165, 1.54) is 0 Å². The van der Waals surface area contributed by atoms with E-state index < -0.39 is 0 Å². The molecule has 0 atom stereocenters. The number of aliphatic hydroxyl groups is 1. The summed E-state index contributed by atoms with van der Waals surface area (Å²) < 4.78 is 5.60. The van der Waals surface area contributed by atoms with E-state index in [-0.39, 0.29) is 30.6 Å². The van der Waals surface area contributed by atoms with E-state index in [0.717, 1.165) is 38.8 Å². The number of nitrogens with one attached hydrogen (secondary N) is 2. The van der Waals surface area contributed by atoms with Crippen LogP contribution in [0.4, 0.5) is 0 Å². The average Bonchev–Trinajstić information content (AvgIpc) is 2.48. The van der Waals surface area contributed by atoms with E-state index in [1.54, 1.807) is 0 Å². The van der Waals surface area contributed by atoms with Gasteiger partial charge in [-0.25, -0.2) is 0 Å². The predicted octanol–water partition coefficient (Wildman–Crippen LogP) is 0.670. The molecule has 1 aliphatic rings. The lowest BCUT2D eigenvalue weighted by Crippen LogP contribution is -2.41. The molecule has 1 fully saturated rings. The van der Waals surface area contributed by atoms with Crippen LogP contribution in [0.3, 0.4) is 0 Å². The molecule has 5 nitrogen and oxygen atoms in total. The van der Waals surface area contributed by atoms with E-state index in [1.807, 2.05) is 13.8 Å². The van der Waals surface area contributed by atoms with Crippen LogP contribution in [0.2, 0.25) is 0 Å². The number of ether oxygens (including phenoxy) is 1. The van der Waals surface area contributed by atoms with E-state index >= 15 is 0 Å². The summed E-state index contributed by atoms with van der Waals surface area (Å²) in [5, 5.41) is 15.6. The summed E-state index contributed by atoms with van der Waals surface area (Å²) in [7, 11) is 0. The van der Waals surface area contributed by atoms with Gasteiger partial charge in [0.1, 0.15) is 6.61 Å². The Bertz CT molecular complexity index is 253. The van der Waals surface area contributed by atoms with Gasteiger partial charge < -0.3 is 20.5 Å². The second kappa shape index (κ2) is 8.51. The van der Waals surface area contributed by atoms with Gasteiger partial charge in [-0.3, -0.25) is 4.79 Å². The fraction of sp³-hybridized carbons (Fsp3) is 0.929. The largest absolute Gasteiger partial charge is 0.396 e. The van der Waals surface area contributed by atoms with Crippen LogP contribution in [-0.2, 0) is 9.53 Å². The second-order valence-corrected chi connectivity index (χ2v) is 5.40. The van der Waals surface area contributed by atoms with Crippen molar-refractivity contribution >= 4 is 5.91 Å². The van der Waals surface area contributed by atoms with E-state index in [9.17, 15) is 9.90 Å². The van der Waals surface area contributed by atoms with E-state index in [0.29, 0.717) is 6.54 Å². The third-order valence-corrected chi connectivity index (χ3v) is 4.23. The SMILES string of the molecule is CCC(CC)(CO)CNC(=O)COC1CCNCC1. The summed E-state index contributed by atoms with van der Waals surface area (Å²) >= 11 is 0. The topological polar surface area (TPSA) is 70.6 Å². The van der Waals surface area contributed by atoms with Crippen molar-refractivity contribution in [2.24, 2.45) is 5.41 Å². The lowest BCUT2D eigenvalue weighted by atomic mass is 9.83. The zero-order chi connectivity index (χ0) is 14.1. The molecule has 1 heterocycles. The molecule has 0 spiro atoms. The molecule has 3 N–H and O–H groups in total. The van der Waals surface area contributed by atoms with Crippen molar-refractivity contribution in [2.45, 2.75) is 45.6 Å². The van der Waals surface area contributed by atoms with Crippen LogP contribution >= 0.6 is 0 Å². The molecule has 0 aromatic carbocycles. The molecule has 112 valence electrons. The third kappa shape index (κ3) is 5.47. The Morgan fingerprint density at radius 1 is 1.37 bits per heavy atom. The summed E-state index contributed by atoms with van der Waals surface area (Å²) in [6.07, 6.45) is 3.85. The summed E-state index contributed by atoms with van der Waals surface area (Å²) in [4.78, 5) is 11.7. The monoisotopic (exact) mass is 272 g/mol. The van der Waals surface area contributed by atoms with Gasteiger partial charge in [-0.1, -0.05) is 13.8 Å². The number of carbonyl (C=O) groups excluding carboxylic acids is 1. The summed E-state index contributed by atoms with van der Waals surface area (Å²) in [6.45, 7) is 6.76. The van der Waals surface area contributed by atoms with Gasteiger partial charge in [-0.05, 0) is 38.8 Å². The molecule has 1 rings (SSSR count). The van der Waals surface area contributed by atoms with Gasteiger partial charge in [0.05, 0.1) is 12.7 Å². The van der Waals surface area contributed by atoms with Crippen LogP contribution in [0.1, 0.15) is 39.5 Å². The molecule has 0 aromatic heterocycles. The molecule has 0 radical (unpaired) electrons. The fourth-order valence-corrected chi connectivity index (χ4v) is 2.27.